The van der Waals surface area contributed by atoms with Crippen LogP contribution < -0.4 is 4.74 Å². The van der Waals surface area contributed by atoms with E-state index in [0.29, 0.717) is 116 Å². The van der Waals surface area contributed by atoms with E-state index in [1.807, 2.05) is 0 Å². The number of ether oxygens (including phenoxy) is 5. The first-order valence-electron chi connectivity index (χ1n) is 14.3. The van der Waals surface area contributed by atoms with E-state index in [-0.39, 0.29) is 18.0 Å². The van der Waals surface area contributed by atoms with Gasteiger partial charge in [0.2, 0.25) is 0 Å². The maximum absolute atomic E-state index is 11.7. The molecule has 3 rings (SSSR count). The summed E-state index contributed by atoms with van der Waals surface area (Å²) in [6.07, 6.45) is 0. The predicted octanol–water partition coefficient (Wildman–Crippen LogP) is 1.74. The molecule has 0 amide bonds. The van der Waals surface area contributed by atoms with E-state index in [1.165, 1.54) is 12.1 Å². The van der Waals surface area contributed by atoms with Crippen LogP contribution in [0.5, 0.6) is 5.75 Å². The number of aromatic nitrogens is 2. The Morgan fingerprint density at radius 2 is 1.32 bits per heavy atom. The molecule has 0 unspecified atom stereocenters. The zero-order valence-corrected chi connectivity index (χ0v) is 25.4. The predicted molar refractivity (Wildman–Crippen MR) is 162 cm³/mol. The molecule has 15 heteroatoms. The van der Waals surface area contributed by atoms with Crippen LogP contribution in [-0.4, -0.2) is 139 Å². The van der Waals surface area contributed by atoms with Crippen LogP contribution in [0.1, 0.15) is 32.4 Å². The number of pyridine rings is 2. The van der Waals surface area contributed by atoms with Gasteiger partial charge >= 0.3 is 11.9 Å². The monoisotopic (exact) mass is 633 g/mol. The summed E-state index contributed by atoms with van der Waals surface area (Å²) in [6, 6.07) is 8.05. The molecule has 0 radical (unpaired) electrons. The van der Waals surface area contributed by atoms with E-state index < -0.39 is 11.9 Å². The first-order chi connectivity index (χ1) is 21.4. The first kappa shape index (κ1) is 35.1. The number of carbonyl (C=O) groups is 2. The second-order valence-electron chi connectivity index (χ2n) is 9.63. The van der Waals surface area contributed by atoms with Crippen LogP contribution >= 0.6 is 12.2 Å². The Kier molecular flexibility index (Phi) is 16.4. The Labute approximate surface area is 261 Å². The van der Waals surface area contributed by atoms with E-state index in [1.54, 1.807) is 18.2 Å². The van der Waals surface area contributed by atoms with Crippen molar-refractivity contribution in [3.8, 4) is 5.75 Å². The van der Waals surface area contributed by atoms with Crippen LogP contribution in [-0.2, 0) is 32.0 Å². The lowest BCUT2D eigenvalue weighted by molar-refractivity contribution is 0.00596. The maximum Gasteiger partial charge on any atom is 0.354 e. The molecule has 2 N–H and O–H groups in total. The van der Waals surface area contributed by atoms with Crippen LogP contribution in [0, 0.1) is 0 Å². The molecule has 1 aliphatic rings. The molecule has 1 fully saturated rings. The van der Waals surface area contributed by atoms with Crippen molar-refractivity contribution in [3.63, 3.8) is 0 Å². The fourth-order valence-electron chi connectivity index (χ4n) is 4.19. The van der Waals surface area contributed by atoms with Crippen molar-refractivity contribution in [1.29, 1.82) is 0 Å². The molecule has 1 saturated heterocycles. The maximum atomic E-state index is 11.7. The summed E-state index contributed by atoms with van der Waals surface area (Å²) in [6.45, 7) is 7.17. The first-order valence-corrected chi connectivity index (χ1v) is 14.7. The molecule has 0 aromatic carbocycles. The molecule has 2 aromatic heterocycles. The summed E-state index contributed by atoms with van der Waals surface area (Å²) >= 11 is 4.56. The Morgan fingerprint density at radius 1 is 0.795 bits per heavy atom. The van der Waals surface area contributed by atoms with Gasteiger partial charge in [-0.15, -0.1) is 0 Å². The number of nitrogens with zero attached hydrogens (tertiary/aromatic N) is 5. The summed E-state index contributed by atoms with van der Waals surface area (Å²) in [5, 5.41) is 21.0. The lowest BCUT2D eigenvalue weighted by Crippen LogP contribution is -2.33. The van der Waals surface area contributed by atoms with E-state index in [9.17, 15) is 19.8 Å². The van der Waals surface area contributed by atoms with Gasteiger partial charge < -0.3 is 33.9 Å². The molecule has 0 spiro atoms. The highest BCUT2D eigenvalue weighted by atomic mass is 32.1. The van der Waals surface area contributed by atoms with Gasteiger partial charge in [0.1, 0.15) is 18.1 Å². The van der Waals surface area contributed by atoms with Crippen molar-refractivity contribution in [2.75, 3.05) is 92.2 Å². The van der Waals surface area contributed by atoms with Gasteiger partial charge in [-0.05, 0) is 24.4 Å². The van der Waals surface area contributed by atoms with Gasteiger partial charge in [0.25, 0.3) is 0 Å². The average molecular weight is 634 g/mol. The molecule has 0 atom stereocenters. The topological polar surface area (TPSA) is 165 Å². The normalized spacial score (nSPS) is 17.1. The standard InChI is InChI=1S/C29H39N5O9S/c35-28(36)26-3-1-2-23(31-26)20-33-5-10-39-14-16-41-12-7-34(8-13-42-17-15-40-11-6-33)21-24-18-25(43-9-4-30-22-44)19-27(32-24)29(37)38/h1-3,18-19H,4-17,20-21H2,(H,35,36)(H,37,38). The van der Waals surface area contributed by atoms with E-state index in [2.05, 4.69) is 42.1 Å². The fourth-order valence-corrected chi connectivity index (χ4v) is 4.28. The average Bonchev–Trinajstić information content (AvgIpc) is 3.01. The second-order valence-corrected chi connectivity index (χ2v) is 9.81. The molecule has 0 aliphatic carbocycles. The van der Waals surface area contributed by atoms with Gasteiger partial charge in [-0.1, -0.05) is 6.07 Å². The minimum Gasteiger partial charge on any atom is -0.491 e. The van der Waals surface area contributed by atoms with Crippen LogP contribution in [0.25, 0.3) is 0 Å². The van der Waals surface area contributed by atoms with Crippen molar-refractivity contribution in [1.82, 2.24) is 19.8 Å². The number of hydrogen-bond donors (Lipinski definition) is 2. The Balaban J connectivity index is 1.53. The highest BCUT2D eigenvalue weighted by Crippen LogP contribution is 2.16. The highest BCUT2D eigenvalue weighted by Gasteiger charge is 2.14. The lowest BCUT2D eigenvalue weighted by Gasteiger charge is -2.23. The van der Waals surface area contributed by atoms with Crippen LogP contribution in [0.4, 0.5) is 0 Å². The number of isothiocyanates is 1. The number of carboxylic acid groups (broad SMARTS) is 2. The lowest BCUT2D eigenvalue weighted by atomic mass is 10.2. The quantitative estimate of drug-likeness (QED) is 0.221. The number of aliphatic imine (C=N–C) groups is 1. The fraction of sp³-hybridized carbons (Fsp3) is 0.552. The van der Waals surface area contributed by atoms with Crippen molar-refractivity contribution in [2.24, 2.45) is 4.99 Å². The van der Waals surface area contributed by atoms with Gasteiger partial charge in [0, 0.05) is 51.4 Å². The van der Waals surface area contributed by atoms with E-state index >= 15 is 0 Å². The SMILES string of the molecule is O=C(O)c1cccc(CN2CCOCCOCCN(Cc3cc(OCCN=C=S)cc(C(=O)O)n3)CCOCCOCC2)n1. The number of rotatable bonds is 10. The molecule has 44 heavy (non-hydrogen) atoms. The molecular formula is C29H39N5O9S. The minimum atomic E-state index is -1.15. The Bertz CT molecular complexity index is 1210. The molecule has 1 aliphatic heterocycles. The van der Waals surface area contributed by atoms with Gasteiger partial charge in [-0.25, -0.2) is 24.5 Å². The summed E-state index contributed by atoms with van der Waals surface area (Å²) in [5.74, 6) is -1.82. The number of hydrogen-bond acceptors (Lipinski definition) is 13. The summed E-state index contributed by atoms with van der Waals surface area (Å²) in [5.41, 5.74) is 1.11. The molecule has 14 nitrogen and oxygen atoms in total. The Morgan fingerprint density at radius 3 is 1.84 bits per heavy atom. The van der Waals surface area contributed by atoms with Crippen molar-refractivity contribution in [2.45, 2.75) is 13.1 Å². The zero-order valence-electron chi connectivity index (χ0n) is 24.6. The molecular weight excluding hydrogens is 594 g/mol. The van der Waals surface area contributed by atoms with E-state index in [4.69, 9.17) is 23.7 Å². The third-order valence-corrected chi connectivity index (χ3v) is 6.49. The number of thiocarbonyl (C=S) groups is 1. The summed E-state index contributed by atoms with van der Waals surface area (Å²) in [7, 11) is 0. The third-order valence-electron chi connectivity index (χ3n) is 6.36. The molecule has 0 saturated carbocycles. The molecule has 2 aromatic rings. The number of carboxylic acids is 2. The summed E-state index contributed by atoms with van der Waals surface area (Å²) in [4.78, 5) is 39.4. The minimum absolute atomic E-state index is 0.0114. The van der Waals surface area contributed by atoms with Crippen molar-refractivity contribution < 1.29 is 43.5 Å². The summed E-state index contributed by atoms with van der Waals surface area (Å²) < 4.78 is 28.8. The molecule has 240 valence electrons. The largest absolute Gasteiger partial charge is 0.491 e. The van der Waals surface area contributed by atoms with Gasteiger partial charge in [0.15, 0.2) is 5.69 Å². The van der Waals surface area contributed by atoms with Gasteiger partial charge in [-0.2, -0.15) is 0 Å². The van der Waals surface area contributed by atoms with Crippen LogP contribution in [0.3, 0.4) is 0 Å². The zero-order chi connectivity index (χ0) is 31.4. The number of aromatic carboxylic acids is 2. The van der Waals surface area contributed by atoms with Gasteiger partial charge in [0.05, 0.1) is 75.9 Å². The van der Waals surface area contributed by atoms with E-state index in [0.717, 1.165) is 0 Å². The molecule has 0 bridgehead atoms. The third kappa shape index (κ3) is 13.9. The Hall–Kier alpha value is -3.40. The van der Waals surface area contributed by atoms with Crippen molar-refractivity contribution in [3.05, 3.63) is 53.1 Å². The van der Waals surface area contributed by atoms with Crippen LogP contribution in [0.15, 0.2) is 35.3 Å². The van der Waals surface area contributed by atoms with Gasteiger partial charge in [-0.3, -0.25) is 9.80 Å². The highest BCUT2D eigenvalue weighted by molar-refractivity contribution is 7.78. The van der Waals surface area contributed by atoms with Crippen LogP contribution in [0.2, 0.25) is 0 Å². The van der Waals surface area contributed by atoms with Crippen molar-refractivity contribution >= 4 is 29.3 Å². The smallest absolute Gasteiger partial charge is 0.354 e. The molecule has 3 heterocycles. The second kappa shape index (κ2) is 20.5.